The third kappa shape index (κ3) is 3.15. The molecule has 0 saturated carbocycles. The number of rotatable bonds is 3. The lowest BCUT2D eigenvalue weighted by Gasteiger charge is -2.26. The van der Waals surface area contributed by atoms with E-state index >= 15 is 0 Å². The van der Waals surface area contributed by atoms with E-state index in [0.29, 0.717) is 25.3 Å². The number of nitrogens with zero attached hydrogens (tertiary/aromatic N) is 1. The lowest BCUT2D eigenvalue weighted by molar-refractivity contribution is 0.0762. The molecule has 1 aliphatic rings. The van der Waals surface area contributed by atoms with Gasteiger partial charge in [-0.2, -0.15) is 0 Å². The maximum absolute atomic E-state index is 12.3. The number of carbonyl (C=O) groups is 1. The molecule has 1 aliphatic heterocycles. The van der Waals surface area contributed by atoms with Crippen molar-refractivity contribution in [1.29, 1.82) is 0 Å². The molecule has 0 saturated heterocycles. The van der Waals surface area contributed by atoms with Crippen molar-refractivity contribution < 1.29 is 14.6 Å². The van der Waals surface area contributed by atoms with Gasteiger partial charge < -0.3 is 14.7 Å². The Labute approximate surface area is 113 Å². The summed E-state index contributed by atoms with van der Waals surface area (Å²) in [5.74, 6) is -0.0677. The highest BCUT2D eigenvalue weighted by Gasteiger charge is 2.20. The highest BCUT2D eigenvalue weighted by molar-refractivity contribution is 5.97. The topological polar surface area (TPSA) is 49.8 Å². The second-order valence-corrected chi connectivity index (χ2v) is 4.82. The van der Waals surface area contributed by atoms with Crippen LogP contribution in [0, 0.1) is 6.92 Å². The number of phenols is 1. The molecule has 2 rings (SSSR count). The predicted molar refractivity (Wildman–Crippen MR) is 73.3 cm³/mol. The highest BCUT2D eigenvalue weighted by Crippen LogP contribution is 2.22. The minimum Gasteiger partial charge on any atom is -0.507 e. The molecule has 0 atom stereocenters. The second-order valence-electron chi connectivity index (χ2n) is 4.82. The molecule has 0 spiro atoms. The average molecular weight is 261 g/mol. The van der Waals surface area contributed by atoms with Gasteiger partial charge in [0.2, 0.25) is 0 Å². The number of phenolic OH excluding ortho intramolecular Hbond substituents is 1. The van der Waals surface area contributed by atoms with Gasteiger partial charge in [-0.3, -0.25) is 4.79 Å². The van der Waals surface area contributed by atoms with Crippen LogP contribution in [0.2, 0.25) is 0 Å². The van der Waals surface area contributed by atoms with Crippen molar-refractivity contribution >= 4 is 5.91 Å². The Bertz CT molecular complexity index is 508. The van der Waals surface area contributed by atoms with E-state index in [9.17, 15) is 9.90 Å². The number of methoxy groups -OCH3 is 1. The Hall–Kier alpha value is -1.81. The van der Waals surface area contributed by atoms with Gasteiger partial charge in [-0.1, -0.05) is 12.1 Å². The molecule has 0 radical (unpaired) electrons. The van der Waals surface area contributed by atoms with Crippen LogP contribution < -0.4 is 0 Å². The quantitative estimate of drug-likeness (QED) is 0.848. The fourth-order valence-electron chi connectivity index (χ4n) is 2.21. The lowest BCUT2D eigenvalue weighted by atomic mass is 10.1. The molecule has 1 aromatic rings. The van der Waals surface area contributed by atoms with E-state index in [0.717, 1.165) is 12.0 Å². The van der Waals surface area contributed by atoms with Crippen molar-refractivity contribution in [2.45, 2.75) is 13.3 Å². The Balaban J connectivity index is 2.09. The Kier molecular flexibility index (Phi) is 4.22. The standard InChI is InChI=1S/C15H19NO3/c1-11-3-4-13(14(17)9-11)15(18)16-7-5-12(6-8-16)10-19-2/h3-5,9,17H,6-8,10H2,1-2H3. The van der Waals surface area contributed by atoms with E-state index in [1.165, 1.54) is 5.57 Å². The fraction of sp³-hybridized carbons (Fsp3) is 0.400. The van der Waals surface area contributed by atoms with Crippen LogP contribution in [-0.4, -0.2) is 42.7 Å². The summed E-state index contributed by atoms with van der Waals surface area (Å²) in [5.41, 5.74) is 2.53. The summed E-state index contributed by atoms with van der Waals surface area (Å²) in [7, 11) is 1.67. The van der Waals surface area contributed by atoms with Crippen LogP contribution in [0.1, 0.15) is 22.3 Å². The van der Waals surface area contributed by atoms with E-state index in [-0.39, 0.29) is 11.7 Å². The van der Waals surface area contributed by atoms with E-state index in [1.807, 2.05) is 19.1 Å². The third-order valence-corrected chi connectivity index (χ3v) is 3.30. The van der Waals surface area contributed by atoms with Gasteiger partial charge in [-0.05, 0) is 36.6 Å². The molecule has 1 amide bonds. The summed E-state index contributed by atoms with van der Waals surface area (Å²) in [4.78, 5) is 14.0. The molecule has 102 valence electrons. The largest absolute Gasteiger partial charge is 0.507 e. The van der Waals surface area contributed by atoms with Crippen molar-refractivity contribution in [3.8, 4) is 5.75 Å². The van der Waals surface area contributed by atoms with Gasteiger partial charge in [0.25, 0.3) is 5.91 Å². The predicted octanol–water partition coefficient (Wildman–Crippen LogP) is 2.12. The van der Waals surface area contributed by atoms with Crippen molar-refractivity contribution in [2.75, 3.05) is 26.8 Å². The zero-order valence-electron chi connectivity index (χ0n) is 11.3. The number of carbonyl (C=O) groups excluding carboxylic acids is 1. The van der Waals surface area contributed by atoms with E-state index in [1.54, 1.807) is 24.1 Å². The summed E-state index contributed by atoms with van der Waals surface area (Å²) in [6.07, 6.45) is 2.85. The normalized spacial score (nSPS) is 15.3. The van der Waals surface area contributed by atoms with Gasteiger partial charge >= 0.3 is 0 Å². The van der Waals surface area contributed by atoms with E-state index in [2.05, 4.69) is 0 Å². The van der Waals surface area contributed by atoms with Crippen molar-refractivity contribution in [1.82, 2.24) is 4.90 Å². The minimum atomic E-state index is -0.120. The number of amides is 1. The van der Waals surface area contributed by atoms with E-state index < -0.39 is 0 Å². The van der Waals surface area contributed by atoms with Crippen LogP contribution in [0.5, 0.6) is 5.75 Å². The minimum absolute atomic E-state index is 0.0525. The van der Waals surface area contributed by atoms with Crippen LogP contribution in [0.25, 0.3) is 0 Å². The van der Waals surface area contributed by atoms with Gasteiger partial charge in [-0.25, -0.2) is 0 Å². The van der Waals surface area contributed by atoms with E-state index in [4.69, 9.17) is 4.74 Å². The Morgan fingerprint density at radius 1 is 1.47 bits per heavy atom. The third-order valence-electron chi connectivity index (χ3n) is 3.30. The van der Waals surface area contributed by atoms with Crippen LogP contribution in [0.3, 0.4) is 0 Å². The van der Waals surface area contributed by atoms with Gasteiger partial charge in [0.15, 0.2) is 0 Å². The molecule has 0 aliphatic carbocycles. The first-order chi connectivity index (χ1) is 9.11. The number of hydrogen-bond acceptors (Lipinski definition) is 3. The molecule has 19 heavy (non-hydrogen) atoms. The SMILES string of the molecule is COCC1=CCN(C(=O)c2ccc(C)cc2O)CC1. The van der Waals surface area contributed by atoms with Crippen LogP contribution in [-0.2, 0) is 4.74 Å². The highest BCUT2D eigenvalue weighted by atomic mass is 16.5. The number of aromatic hydroxyl groups is 1. The Morgan fingerprint density at radius 3 is 2.84 bits per heavy atom. The van der Waals surface area contributed by atoms with Crippen molar-refractivity contribution in [3.05, 3.63) is 41.0 Å². The fourth-order valence-corrected chi connectivity index (χ4v) is 2.21. The number of aryl methyl sites for hydroxylation is 1. The summed E-state index contributed by atoms with van der Waals surface area (Å²) < 4.78 is 5.08. The first-order valence-corrected chi connectivity index (χ1v) is 6.37. The van der Waals surface area contributed by atoms with Gasteiger partial charge in [0.1, 0.15) is 5.75 Å². The molecule has 1 heterocycles. The summed E-state index contributed by atoms with van der Waals surface area (Å²) >= 11 is 0. The number of hydrogen-bond donors (Lipinski definition) is 1. The van der Waals surface area contributed by atoms with Crippen molar-refractivity contribution in [3.63, 3.8) is 0 Å². The Morgan fingerprint density at radius 2 is 2.26 bits per heavy atom. The van der Waals surface area contributed by atoms with Crippen LogP contribution >= 0.6 is 0 Å². The smallest absolute Gasteiger partial charge is 0.257 e. The molecule has 4 nitrogen and oxygen atoms in total. The molecule has 0 fully saturated rings. The second kappa shape index (κ2) is 5.89. The summed E-state index contributed by atoms with van der Waals surface area (Å²) in [6.45, 7) is 3.75. The lowest BCUT2D eigenvalue weighted by Crippen LogP contribution is -2.35. The van der Waals surface area contributed by atoms with Crippen LogP contribution in [0.4, 0.5) is 0 Å². The average Bonchev–Trinajstić information content (AvgIpc) is 2.39. The molecular formula is C15H19NO3. The zero-order chi connectivity index (χ0) is 13.8. The maximum Gasteiger partial charge on any atom is 0.257 e. The monoisotopic (exact) mass is 261 g/mol. The maximum atomic E-state index is 12.3. The molecule has 0 aromatic heterocycles. The van der Waals surface area contributed by atoms with Gasteiger partial charge in [0, 0.05) is 20.2 Å². The summed E-state index contributed by atoms with van der Waals surface area (Å²) in [6, 6.07) is 5.13. The van der Waals surface area contributed by atoms with Gasteiger partial charge in [0.05, 0.1) is 12.2 Å². The first-order valence-electron chi connectivity index (χ1n) is 6.37. The van der Waals surface area contributed by atoms with Crippen molar-refractivity contribution in [2.24, 2.45) is 0 Å². The molecule has 1 N–H and O–H groups in total. The molecule has 0 bridgehead atoms. The molecule has 1 aromatic carbocycles. The summed E-state index contributed by atoms with van der Waals surface area (Å²) in [5, 5.41) is 9.85. The first kappa shape index (κ1) is 13.6. The molecule has 4 heteroatoms. The number of ether oxygens (including phenoxy) is 1. The zero-order valence-corrected chi connectivity index (χ0v) is 11.3. The molecular weight excluding hydrogens is 242 g/mol. The molecule has 0 unspecified atom stereocenters. The number of benzene rings is 1. The van der Waals surface area contributed by atoms with Gasteiger partial charge in [-0.15, -0.1) is 0 Å². The van der Waals surface area contributed by atoms with Crippen LogP contribution in [0.15, 0.2) is 29.8 Å².